The molecule has 0 saturated carbocycles. The number of hydrogen-bond donors (Lipinski definition) is 2. The Balaban J connectivity index is 2.01. The Bertz CT molecular complexity index is 963. The number of hydrogen-bond acceptors (Lipinski definition) is 6. The second kappa shape index (κ2) is 6.96. The molecule has 0 aromatic heterocycles. The van der Waals surface area contributed by atoms with E-state index in [0.29, 0.717) is 35.1 Å². The van der Waals surface area contributed by atoms with E-state index in [2.05, 4.69) is 0 Å². The number of phenolic OH excluding ortho intramolecular Hbond substituents is 1. The molecule has 2 aromatic carbocycles. The second-order valence-corrected chi connectivity index (χ2v) is 7.27. The Morgan fingerprint density at radius 2 is 2.08 bits per heavy atom. The molecule has 0 bridgehead atoms. The van der Waals surface area contributed by atoms with Gasteiger partial charge in [-0.25, -0.2) is 13.4 Å². The molecule has 140 valence electrons. The van der Waals surface area contributed by atoms with Crippen molar-refractivity contribution in [3.63, 3.8) is 0 Å². The van der Waals surface area contributed by atoms with Crippen LogP contribution in [0, 0.1) is 5.82 Å². The van der Waals surface area contributed by atoms with Crippen LogP contribution in [0.25, 0.3) is 10.8 Å². The number of aromatic hydroxyl groups is 1. The van der Waals surface area contributed by atoms with E-state index in [1.165, 1.54) is 12.1 Å². The SMILES string of the molecule is COCCCOc1ccc2cc(O)c(N3CC(=O)NS3(=O)=O)c(F)c2c1. The van der Waals surface area contributed by atoms with Gasteiger partial charge in [-0.05, 0) is 23.6 Å². The Hall–Kier alpha value is -2.59. The summed E-state index contributed by atoms with van der Waals surface area (Å²) in [4.78, 5) is 11.4. The van der Waals surface area contributed by atoms with Crippen molar-refractivity contribution in [1.82, 2.24) is 4.72 Å². The van der Waals surface area contributed by atoms with Crippen LogP contribution >= 0.6 is 0 Å². The van der Waals surface area contributed by atoms with Gasteiger partial charge in [0.2, 0.25) is 0 Å². The third kappa shape index (κ3) is 3.37. The Labute approximate surface area is 149 Å². The first kappa shape index (κ1) is 18.2. The predicted molar refractivity (Wildman–Crippen MR) is 92.0 cm³/mol. The fourth-order valence-electron chi connectivity index (χ4n) is 2.67. The maximum Gasteiger partial charge on any atom is 0.326 e. The fourth-order valence-corrected chi connectivity index (χ4v) is 3.84. The molecule has 1 heterocycles. The van der Waals surface area contributed by atoms with Crippen molar-refractivity contribution in [2.24, 2.45) is 0 Å². The first-order valence-electron chi connectivity index (χ1n) is 7.74. The van der Waals surface area contributed by atoms with Crippen molar-refractivity contribution in [2.45, 2.75) is 6.42 Å². The number of amides is 1. The quantitative estimate of drug-likeness (QED) is 0.727. The van der Waals surface area contributed by atoms with Gasteiger partial charge >= 0.3 is 10.2 Å². The van der Waals surface area contributed by atoms with Crippen LogP contribution in [0.1, 0.15) is 6.42 Å². The monoisotopic (exact) mass is 384 g/mol. The maximum absolute atomic E-state index is 15.0. The van der Waals surface area contributed by atoms with Gasteiger partial charge in [0.1, 0.15) is 23.7 Å². The molecule has 0 aliphatic carbocycles. The lowest BCUT2D eigenvalue weighted by atomic mass is 10.1. The zero-order valence-corrected chi connectivity index (χ0v) is 14.7. The number of phenols is 1. The number of nitrogens with zero attached hydrogens (tertiary/aromatic N) is 1. The lowest BCUT2D eigenvalue weighted by molar-refractivity contribution is -0.117. The van der Waals surface area contributed by atoms with E-state index in [1.807, 2.05) is 0 Å². The van der Waals surface area contributed by atoms with Gasteiger partial charge in [0.15, 0.2) is 5.82 Å². The molecule has 2 aromatic rings. The molecular weight excluding hydrogens is 367 g/mol. The van der Waals surface area contributed by atoms with E-state index < -0.39 is 39.9 Å². The topological polar surface area (TPSA) is 105 Å². The Kier molecular flexibility index (Phi) is 4.88. The Morgan fingerprint density at radius 1 is 1.31 bits per heavy atom. The molecule has 1 aliphatic rings. The number of benzene rings is 2. The van der Waals surface area contributed by atoms with Gasteiger partial charge in [0, 0.05) is 25.5 Å². The van der Waals surface area contributed by atoms with Crippen LogP contribution in [-0.4, -0.2) is 46.3 Å². The van der Waals surface area contributed by atoms with Crippen LogP contribution < -0.4 is 13.8 Å². The second-order valence-electron chi connectivity index (χ2n) is 5.67. The summed E-state index contributed by atoms with van der Waals surface area (Å²) in [5.74, 6) is -1.95. The molecular formula is C16H17FN2O6S. The van der Waals surface area contributed by atoms with Crippen LogP contribution in [0.5, 0.6) is 11.5 Å². The van der Waals surface area contributed by atoms with Gasteiger partial charge in [-0.1, -0.05) is 6.07 Å². The zero-order valence-electron chi connectivity index (χ0n) is 13.9. The summed E-state index contributed by atoms with van der Waals surface area (Å²) in [6.45, 7) is 0.282. The van der Waals surface area contributed by atoms with E-state index in [9.17, 15) is 22.7 Å². The molecule has 0 radical (unpaired) electrons. The van der Waals surface area contributed by atoms with Gasteiger partial charge in [-0.2, -0.15) is 8.42 Å². The molecule has 1 fully saturated rings. The van der Waals surface area contributed by atoms with Crippen molar-refractivity contribution < 1.29 is 32.2 Å². The van der Waals surface area contributed by atoms with Crippen LogP contribution in [0.3, 0.4) is 0 Å². The minimum Gasteiger partial charge on any atom is -0.506 e. The summed E-state index contributed by atoms with van der Waals surface area (Å²) >= 11 is 0. The van der Waals surface area contributed by atoms with Crippen LogP contribution in [0.15, 0.2) is 24.3 Å². The standard InChI is InChI=1S/C16H17FN2O6S/c1-24-5-2-6-25-11-4-3-10-7-13(20)16(15(17)12(10)8-11)19-9-14(21)18-26(19,22)23/h3-4,7-8,20H,2,5-6,9H2,1H3,(H,18,21). The normalized spacial score (nSPS) is 16.1. The molecule has 10 heteroatoms. The lowest BCUT2D eigenvalue weighted by Gasteiger charge is -2.18. The van der Waals surface area contributed by atoms with E-state index in [4.69, 9.17) is 9.47 Å². The van der Waals surface area contributed by atoms with Crippen molar-refractivity contribution in [3.05, 3.63) is 30.1 Å². The maximum atomic E-state index is 15.0. The zero-order chi connectivity index (χ0) is 18.9. The minimum atomic E-state index is -4.24. The number of rotatable bonds is 6. The lowest BCUT2D eigenvalue weighted by Crippen LogP contribution is -2.30. The van der Waals surface area contributed by atoms with Crippen LogP contribution in [0.4, 0.5) is 10.1 Å². The number of methoxy groups -OCH3 is 1. The average Bonchev–Trinajstić information content (AvgIpc) is 2.84. The predicted octanol–water partition coefficient (Wildman–Crippen LogP) is 1.28. The first-order chi connectivity index (χ1) is 12.3. The molecule has 1 aliphatic heterocycles. The summed E-state index contributed by atoms with van der Waals surface area (Å²) in [5, 5.41) is 10.5. The smallest absolute Gasteiger partial charge is 0.326 e. The van der Waals surface area contributed by atoms with Gasteiger partial charge in [0.25, 0.3) is 5.91 Å². The summed E-state index contributed by atoms with van der Waals surface area (Å²) in [6.07, 6.45) is 0.650. The van der Waals surface area contributed by atoms with Gasteiger partial charge in [0.05, 0.1) is 6.61 Å². The molecule has 1 saturated heterocycles. The largest absolute Gasteiger partial charge is 0.506 e. The van der Waals surface area contributed by atoms with E-state index in [-0.39, 0.29) is 5.39 Å². The molecule has 0 unspecified atom stereocenters. The number of nitrogens with one attached hydrogen (secondary N) is 1. The van der Waals surface area contributed by atoms with Gasteiger partial charge in [-0.3, -0.25) is 4.79 Å². The van der Waals surface area contributed by atoms with Crippen LogP contribution in [-0.2, 0) is 19.7 Å². The highest BCUT2D eigenvalue weighted by atomic mass is 32.2. The Morgan fingerprint density at radius 3 is 2.73 bits per heavy atom. The minimum absolute atomic E-state index is 0.0663. The van der Waals surface area contributed by atoms with Crippen molar-refractivity contribution in [1.29, 1.82) is 0 Å². The number of fused-ring (bicyclic) bond motifs is 1. The third-order valence-corrected chi connectivity index (χ3v) is 5.21. The molecule has 0 atom stereocenters. The highest BCUT2D eigenvalue weighted by Gasteiger charge is 2.37. The molecule has 1 amide bonds. The summed E-state index contributed by atoms with van der Waals surface area (Å²) < 4.78 is 51.6. The number of ether oxygens (including phenoxy) is 2. The van der Waals surface area contributed by atoms with E-state index >= 15 is 0 Å². The van der Waals surface area contributed by atoms with E-state index in [1.54, 1.807) is 24.0 Å². The van der Waals surface area contributed by atoms with Crippen molar-refractivity contribution in [2.75, 3.05) is 31.2 Å². The van der Waals surface area contributed by atoms with Gasteiger partial charge in [-0.15, -0.1) is 0 Å². The molecule has 3 rings (SSSR count). The van der Waals surface area contributed by atoms with E-state index in [0.717, 1.165) is 0 Å². The number of halogens is 1. The first-order valence-corrected chi connectivity index (χ1v) is 9.18. The molecule has 26 heavy (non-hydrogen) atoms. The number of carbonyl (C=O) groups is 1. The van der Waals surface area contributed by atoms with Crippen molar-refractivity contribution >= 4 is 32.6 Å². The summed E-state index contributed by atoms with van der Waals surface area (Å²) in [7, 11) is -2.67. The molecule has 8 nitrogen and oxygen atoms in total. The average molecular weight is 384 g/mol. The molecule has 2 N–H and O–H groups in total. The highest BCUT2D eigenvalue weighted by Crippen LogP contribution is 2.39. The fraction of sp³-hybridized carbons (Fsp3) is 0.312. The number of carbonyl (C=O) groups excluding carboxylic acids is 1. The van der Waals surface area contributed by atoms with Crippen LogP contribution in [0.2, 0.25) is 0 Å². The summed E-state index contributed by atoms with van der Waals surface area (Å²) in [5.41, 5.74) is -0.576. The molecule has 0 spiro atoms. The van der Waals surface area contributed by atoms with Crippen molar-refractivity contribution in [3.8, 4) is 11.5 Å². The third-order valence-electron chi connectivity index (χ3n) is 3.84. The highest BCUT2D eigenvalue weighted by molar-refractivity contribution is 7.92. The summed E-state index contributed by atoms with van der Waals surface area (Å²) in [6, 6.07) is 5.82. The van der Waals surface area contributed by atoms with Gasteiger partial charge < -0.3 is 14.6 Å². The number of anilines is 1.